The van der Waals surface area contributed by atoms with E-state index in [1.807, 2.05) is 12.1 Å². The summed E-state index contributed by atoms with van der Waals surface area (Å²) in [7, 11) is 0. The molecule has 1 aromatic heterocycles. The molecule has 8 nitrogen and oxygen atoms in total. The first-order chi connectivity index (χ1) is 15.6. The molecule has 1 aliphatic rings. The number of carbonyl (C=O) groups is 2. The number of nitrogens with zero attached hydrogens (tertiary/aromatic N) is 2. The van der Waals surface area contributed by atoms with Gasteiger partial charge >= 0.3 is 11.9 Å². The van der Waals surface area contributed by atoms with Crippen molar-refractivity contribution in [1.82, 2.24) is 9.55 Å². The standard InChI is InChI=1S/C25H27N3O5/c1-14-26-21-11-15-9-10-20(27-19-8-6-5-7-16(19)23(30)31)17(15)12-18(21)22(29)28(14)13-33-24(32)25(2,3)4/h5-8,11-12,20,27H,9-10,13H2,1-4H3,(H,30,31). The van der Waals surface area contributed by atoms with Crippen LogP contribution >= 0.6 is 0 Å². The number of benzene rings is 2. The highest BCUT2D eigenvalue weighted by Gasteiger charge is 2.26. The van der Waals surface area contributed by atoms with E-state index >= 15 is 0 Å². The molecule has 1 unspecified atom stereocenters. The number of aromatic carboxylic acids is 1. The Balaban J connectivity index is 1.69. The van der Waals surface area contributed by atoms with E-state index < -0.39 is 17.4 Å². The number of aromatic nitrogens is 2. The summed E-state index contributed by atoms with van der Waals surface area (Å²) in [6.07, 6.45) is 1.57. The van der Waals surface area contributed by atoms with E-state index in [4.69, 9.17) is 4.74 Å². The van der Waals surface area contributed by atoms with Crippen LogP contribution in [0.25, 0.3) is 10.9 Å². The van der Waals surface area contributed by atoms with Crippen molar-refractivity contribution in [3.63, 3.8) is 0 Å². The fourth-order valence-electron chi connectivity index (χ4n) is 4.06. The van der Waals surface area contributed by atoms with Crippen LogP contribution in [0.3, 0.4) is 0 Å². The lowest BCUT2D eigenvalue weighted by atomic mass is 9.98. The van der Waals surface area contributed by atoms with Crippen LogP contribution in [0, 0.1) is 12.3 Å². The quantitative estimate of drug-likeness (QED) is 0.565. The third-order valence-corrected chi connectivity index (χ3v) is 5.91. The summed E-state index contributed by atoms with van der Waals surface area (Å²) in [5.74, 6) is -0.927. The van der Waals surface area contributed by atoms with E-state index in [2.05, 4.69) is 10.3 Å². The zero-order valence-electron chi connectivity index (χ0n) is 19.1. The number of para-hydroxylation sites is 1. The van der Waals surface area contributed by atoms with Crippen LogP contribution in [0.5, 0.6) is 0 Å². The van der Waals surface area contributed by atoms with Crippen LogP contribution in [0.1, 0.15) is 60.5 Å². The summed E-state index contributed by atoms with van der Waals surface area (Å²) in [6.45, 7) is 6.77. The summed E-state index contributed by atoms with van der Waals surface area (Å²) >= 11 is 0. The molecule has 1 heterocycles. The van der Waals surface area contributed by atoms with Crippen LogP contribution in [0.4, 0.5) is 5.69 Å². The molecule has 0 spiro atoms. The molecule has 0 aliphatic heterocycles. The summed E-state index contributed by atoms with van der Waals surface area (Å²) in [5.41, 5.74) is 2.41. The summed E-state index contributed by atoms with van der Waals surface area (Å²) < 4.78 is 6.70. The number of carboxylic acid groups (broad SMARTS) is 1. The van der Waals surface area contributed by atoms with Gasteiger partial charge in [0.15, 0.2) is 6.73 Å². The third kappa shape index (κ3) is 4.33. The minimum Gasteiger partial charge on any atom is -0.478 e. The van der Waals surface area contributed by atoms with Gasteiger partial charge in [0.05, 0.1) is 27.9 Å². The van der Waals surface area contributed by atoms with E-state index in [0.29, 0.717) is 22.4 Å². The molecule has 4 rings (SSSR count). The third-order valence-electron chi connectivity index (χ3n) is 5.91. The molecule has 0 radical (unpaired) electrons. The fraction of sp³-hybridized carbons (Fsp3) is 0.360. The number of rotatable bonds is 5. The van der Waals surface area contributed by atoms with Crippen molar-refractivity contribution in [2.24, 2.45) is 5.41 Å². The Hall–Kier alpha value is -3.68. The molecule has 172 valence electrons. The zero-order chi connectivity index (χ0) is 23.9. The zero-order valence-corrected chi connectivity index (χ0v) is 19.1. The highest BCUT2D eigenvalue weighted by molar-refractivity contribution is 5.94. The first-order valence-corrected chi connectivity index (χ1v) is 10.9. The average molecular weight is 450 g/mol. The molecular weight excluding hydrogens is 422 g/mol. The number of carboxylic acids is 1. The number of hydrogen-bond donors (Lipinski definition) is 2. The minimum atomic E-state index is -0.998. The van der Waals surface area contributed by atoms with E-state index in [0.717, 1.165) is 24.0 Å². The predicted molar refractivity (Wildman–Crippen MR) is 124 cm³/mol. The Morgan fingerprint density at radius 2 is 1.97 bits per heavy atom. The van der Waals surface area contributed by atoms with Gasteiger partial charge in [0.25, 0.3) is 5.56 Å². The van der Waals surface area contributed by atoms with Gasteiger partial charge in [0.2, 0.25) is 0 Å². The van der Waals surface area contributed by atoms with Gasteiger partial charge in [-0.3, -0.25) is 14.2 Å². The van der Waals surface area contributed by atoms with Crippen molar-refractivity contribution in [3.8, 4) is 0 Å². The first-order valence-electron chi connectivity index (χ1n) is 10.9. The topological polar surface area (TPSA) is 111 Å². The number of esters is 1. The number of aryl methyl sites for hydroxylation is 2. The lowest BCUT2D eigenvalue weighted by Gasteiger charge is -2.19. The Kier molecular flexibility index (Phi) is 5.69. The summed E-state index contributed by atoms with van der Waals surface area (Å²) in [4.78, 5) is 41.6. The number of hydrogen-bond acceptors (Lipinski definition) is 6. The molecule has 0 amide bonds. The Morgan fingerprint density at radius 3 is 2.67 bits per heavy atom. The predicted octanol–water partition coefficient (Wildman–Crippen LogP) is 4.05. The van der Waals surface area contributed by atoms with Gasteiger partial charge in [-0.1, -0.05) is 12.1 Å². The maximum atomic E-state index is 13.3. The molecule has 8 heteroatoms. The molecule has 0 saturated heterocycles. The number of fused-ring (bicyclic) bond motifs is 2. The van der Waals surface area contributed by atoms with Crippen molar-refractivity contribution in [2.45, 2.75) is 53.3 Å². The maximum absolute atomic E-state index is 13.3. The maximum Gasteiger partial charge on any atom is 0.337 e. The van der Waals surface area contributed by atoms with Gasteiger partial charge in [-0.2, -0.15) is 0 Å². The molecule has 2 N–H and O–H groups in total. The van der Waals surface area contributed by atoms with Crippen molar-refractivity contribution >= 4 is 28.5 Å². The van der Waals surface area contributed by atoms with Gasteiger partial charge in [0, 0.05) is 5.69 Å². The Morgan fingerprint density at radius 1 is 1.24 bits per heavy atom. The molecule has 0 bridgehead atoms. The molecule has 33 heavy (non-hydrogen) atoms. The van der Waals surface area contributed by atoms with Crippen LogP contribution < -0.4 is 10.9 Å². The number of ether oxygens (including phenoxy) is 1. The lowest BCUT2D eigenvalue weighted by Crippen LogP contribution is -2.30. The van der Waals surface area contributed by atoms with Gasteiger partial charge in [-0.15, -0.1) is 0 Å². The molecular formula is C25H27N3O5. The minimum absolute atomic E-state index is 0.127. The largest absolute Gasteiger partial charge is 0.478 e. The van der Waals surface area contributed by atoms with Gasteiger partial charge in [-0.25, -0.2) is 9.78 Å². The van der Waals surface area contributed by atoms with Crippen molar-refractivity contribution in [2.75, 3.05) is 5.32 Å². The van der Waals surface area contributed by atoms with Crippen LogP contribution in [0.2, 0.25) is 0 Å². The highest BCUT2D eigenvalue weighted by Crippen LogP contribution is 2.36. The normalized spacial score (nSPS) is 15.3. The van der Waals surface area contributed by atoms with Crippen LogP contribution in [0.15, 0.2) is 41.2 Å². The Labute approximate surface area is 191 Å². The van der Waals surface area contributed by atoms with Crippen LogP contribution in [-0.2, 0) is 22.7 Å². The van der Waals surface area contributed by atoms with E-state index in [-0.39, 0.29) is 23.9 Å². The molecule has 2 aromatic carbocycles. The van der Waals surface area contributed by atoms with E-state index in [1.165, 1.54) is 4.57 Å². The second-order valence-electron chi connectivity index (χ2n) is 9.36. The van der Waals surface area contributed by atoms with Crippen molar-refractivity contribution < 1.29 is 19.4 Å². The number of nitrogens with one attached hydrogen (secondary N) is 1. The average Bonchev–Trinajstić information content (AvgIpc) is 3.13. The second-order valence-corrected chi connectivity index (χ2v) is 9.36. The fourth-order valence-corrected chi connectivity index (χ4v) is 4.06. The van der Waals surface area contributed by atoms with Crippen molar-refractivity contribution in [3.05, 3.63) is 69.3 Å². The molecule has 0 fully saturated rings. The number of carbonyl (C=O) groups excluding carboxylic acids is 1. The lowest BCUT2D eigenvalue weighted by molar-refractivity contribution is -0.157. The highest BCUT2D eigenvalue weighted by atomic mass is 16.5. The van der Waals surface area contributed by atoms with Gasteiger partial charge < -0.3 is 15.2 Å². The first kappa shape index (κ1) is 22.5. The van der Waals surface area contributed by atoms with Crippen molar-refractivity contribution in [1.29, 1.82) is 0 Å². The van der Waals surface area contributed by atoms with E-state index in [9.17, 15) is 19.5 Å². The number of anilines is 1. The second kappa shape index (κ2) is 8.35. The summed E-state index contributed by atoms with van der Waals surface area (Å²) in [5, 5.41) is 13.3. The SMILES string of the molecule is Cc1nc2cc3c(cc2c(=O)n1COC(=O)C(C)(C)C)C(Nc1ccccc1C(=O)O)CC3. The summed E-state index contributed by atoms with van der Waals surface area (Å²) in [6, 6.07) is 10.4. The van der Waals surface area contributed by atoms with Gasteiger partial charge in [0.1, 0.15) is 5.82 Å². The molecule has 1 aliphatic carbocycles. The van der Waals surface area contributed by atoms with E-state index in [1.54, 1.807) is 52.0 Å². The van der Waals surface area contributed by atoms with Crippen LogP contribution in [-0.4, -0.2) is 26.6 Å². The monoisotopic (exact) mass is 449 g/mol. The smallest absolute Gasteiger partial charge is 0.337 e. The van der Waals surface area contributed by atoms with Gasteiger partial charge in [-0.05, 0) is 75.9 Å². The Bertz CT molecular complexity index is 1320. The molecule has 3 aromatic rings. The molecule has 0 saturated carbocycles. The molecule has 1 atom stereocenters.